The van der Waals surface area contributed by atoms with E-state index in [4.69, 9.17) is 9.47 Å². The van der Waals surface area contributed by atoms with Gasteiger partial charge in [-0.15, -0.1) is 0 Å². The Kier molecular flexibility index (Phi) is 6.15. The number of hydrogen-bond acceptors (Lipinski definition) is 2. The number of ether oxygens (including phenoxy) is 2. The Hall–Kier alpha value is -0.226. The average Bonchev–Trinajstić information content (AvgIpc) is 2.12. The maximum Gasteiger partial charge on any atom is 0.115 e. The molecule has 0 saturated heterocycles. The van der Waals surface area contributed by atoms with Gasteiger partial charge in [-0.05, 0) is 13.8 Å². The van der Waals surface area contributed by atoms with Crippen LogP contribution < -0.4 is 0 Å². The van der Waals surface area contributed by atoms with Crippen molar-refractivity contribution in [2.45, 2.75) is 33.5 Å². The third-order valence-corrected chi connectivity index (χ3v) is 11.9. The third-order valence-electron chi connectivity index (χ3n) is 2.21. The molecule has 0 N–H and O–H groups in total. The molecular formula is C9H22O2Si2. The molecule has 0 heterocycles. The van der Waals surface area contributed by atoms with Crippen molar-refractivity contribution < 1.29 is 9.47 Å². The van der Waals surface area contributed by atoms with Crippen molar-refractivity contribution in [2.75, 3.05) is 13.2 Å². The van der Waals surface area contributed by atoms with Crippen LogP contribution in [-0.4, -0.2) is 29.8 Å². The molecule has 0 amide bonds. The molecule has 0 saturated carbocycles. The van der Waals surface area contributed by atoms with Crippen LogP contribution in [0, 0.1) is 0 Å². The van der Waals surface area contributed by atoms with E-state index in [1.165, 1.54) is 0 Å². The van der Waals surface area contributed by atoms with E-state index < -0.39 is 7.59 Å². The zero-order valence-electron chi connectivity index (χ0n) is 9.52. The van der Waals surface area contributed by atoms with Crippen LogP contribution in [0.5, 0.6) is 0 Å². The van der Waals surface area contributed by atoms with Crippen molar-refractivity contribution in [3.8, 4) is 0 Å². The monoisotopic (exact) mass is 218 g/mol. The van der Waals surface area contributed by atoms with Gasteiger partial charge in [-0.25, -0.2) is 0 Å². The first-order valence-corrected chi connectivity index (χ1v) is 11.8. The summed E-state index contributed by atoms with van der Waals surface area (Å²) in [4.78, 5) is 0. The highest BCUT2D eigenvalue weighted by molar-refractivity contribution is 7.26. The Morgan fingerprint density at radius 1 is 1.31 bits per heavy atom. The molecule has 78 valence electrons. The fraction of sp³-hybridized carbons (Fsp3) is 0.778. The van der Waals surface area contributed by atoms with Crippen LogP contribution in [0.4, 0.5) is 0 Å². The molecule has 0 aliphatic carbocycles. The molecule has 0 atom stereocenters. The van der Waals surface area contributed by atoms with Crippen LogP contribution in [0.25, 0.3) is 0 Å². The van der Waals surface area contributed by atoms with Gasteiger partial charge >= 0.3 is 0 Å². The molecule has 0 unspecified atom stereocenters. The topological polar surface area (TPSA) is 18.5 Å². The molecule has 0 aliphatic heterocycles. The molecule has 0 aromatic heterocycles. The maximum atomic E-state index is 5.63. The largest absolute Gasteiger partial charge is 0.501 e. The standard InChI is InChI=1S/C9H22O2Si2/c1-6-10-8-9(11-7-2)13(4,5)12-3/h8H,6-7,12H2,1-5H3. The number of rotatable bonds is 6. The van der Waals surface area contributed by atoms with Crippen molar-refractivity contribution in [2.24, 2.45) is 0 Å². The minimum absolute atomic E-state index is 0.0118. The van der Waals surface area contributed by atoms with Crippen molar-refractivity contribution in [1.82, 2.24) is 0 Å². The van der Waals surface area contributed by atoms with E-state index in [-0.39, 0.29) is 9.04 Å². The van der Waals surface area contributed by atoms with E-state index in [0.717, 1.165) is 18.6 Å². The van der Waals surface area contributed by atoms with Gasteiger partial charge in [-0.3, -0.25) is 0 Å². The summed E-state index contributed by atoms with van der Waals surface area (Å²) in [6.07, 6.45) is 1.84. The Morgan fingerprint density at radius 2 is 1.92 bits per heavy atom. The molecule has 0 spiro atoms. The van der Waals surface area contributed by atoms with E-state index in [0.29, 0.717) is 0 Å². The van der Waals surface area contributed by atoms with Crippen molar-refractivity contribution in [1.29, 1.82) is 0 Å². The van der Waals surface area contributed by atoms with E-state index in [1.807, 2.05) is 20.1 Å². The van der Waals surface area contributed by atoms with Crippen LogP contribution in [-0.2, 0) is 9.47 Å². The summed E-state index contributed by atoms with van der Waals surface area (Å²) in [5, 5.41) is 1.14. The molecule has 0 rings (SSSR count). The molecule has 0 aromatic carbocycles. The zero-order valence-corrected chi connectivity index (χ0v) is 11.9. The van der Waals surface area contributed by atoms with Crippen molar-refractivity contribution in [3.63, 3.8) is 0 Å². The predicted molar refractivity (Wildman–Crippen MR) is 63.2 cm³/mol. The van der Waals surface area contributed by atoms with Gasteiger partial charge < -0.3 is 9.47 Å². The Morgan fingerprint density at radius 3 is 2.31 bits per heavy atom. The summed E-state index contributed by atoms with van der Waals surface area (Å²) < 4.78 is 10.9. The van der Waals surface area contributed by atoms with Gasteiger partial charge in [0.05, 0.1) is 13.2 Å². The second kappa shape index (κ2) is 6.26. The quantitative estimate of drug-likeness (QED) is 0.500. The molecule has 0 radical (unpaired) electrons. The van der Waals surface area contributed by atoms with E-state index >= 15 is 0 Å². The van der Waals surface area contributed by atoms with Gasteiger partial charge in [0.15, 0.2) is 0 Å². The molecular weight excluding hydrogens is 196 g/mol. The van der Waals surface area contributed by atoms with Crippen LogP contribution in [0.2, 0.25) is 19.6 Å². The molecule has 0 aliphatic rings. The second-order valence-electron chi connectivity index (χ2n) is 3.61. The summed E-state index contributed by atoms with van der Waals surface area (Å²) in [5.41, 5.74) is 0. The van der Waals surface area contributed by atoms with E-state index in [9.17, 15) is 0 Å². The van der Waals surface area contributed by atoms with Crippen LogP contribution in [0.1, 0.15) is 13.8 Å². The summed E-state index contributed by atoms with van der Waals surface area (Å²) in [7, 11) is -1.20. The zero-order chi connectivity index (χ0) is 10.3. The Bertz CT molecular complexity index is 167. The summed E-state index contributed by atoms with van der Waals surface area (Å²) in [5.74, 6) is 0. The molecule has 4 heteroatoms. The molecule has 0 aromatic rings. The molecule has 0 bridgehead atoms. The SMILES string of the molecule is CCOC=C(OCC)[Si](C)(C)[SiH2]C. The minimum atomic E-state index is -1.21. The highest BCUT2D eigenvalue weighted by atomic mass is 29.2. The van der Waals surface area contributed by atoms with Gasteiger partial charge in [0.2, 0.25) is 0 Å². The van der Waals surface area contributed by atoms with Gasteiger partial charge in [0.25, 0.3) is 0 Å². The van der Waals surface area contributed by atoms with Crippen molar-refractivity contribution in [3.05, 3.63) is 11.6 Å². The lowest BCUT2D eigenvalue weighted by Crippen LogP contribution is -2.37. The lowest BCUT2D eigenvalue weighted by molar-refractivity contribution is 0.208. The summed E-state index contributed by atoms with van der Waals surface area (Å²) >= 11 is 0. The lowest BCUT2D eigenvalue weighted by Gasteiger charge is -2.23. The van der Waals surface area contributed by atoms with Gasteiger partial charge in [0, 0.05) is 9.04 Å². The predicted octanol–water partition coefficient (Wildman–Crippen LogP) is 1.86. The minimum Gasteiger partial charge on any atom is -0.501 e. The molecule has 0 fully saturated rings. The lowest BCUT2D eigenvalue weighted by atomic mass is 10.8. The third kappa shape index (κ3) is 4.52. The van der Waals surface area contributed by atoms with Gasteiger partial charge in [-0.1, -0.05) is 19.6 Å². The smallest absolute Gasteiger partial charge is 0.115 e. The van der Waals surface area contributed by atoms with Crippen LogP contribution in [0.3, 0.4) is 0 Å². The van der Waals surface area contributed by atoms with Gasteiger partial charge in [0.1, 0.15) is 19.2 Å². The number of hydrogen-bond donors (Lipinski definition) is 0. The average molecular weight is 218 g/mol. The normalized spacial score (nSPS) is 13.8. The van der Waals surface area contributed by atoms with Gasteiger partial charge in [-0.2, -0.15) is 0 Å². The molecule has 13 heavy (non-hydrogen) atoms. The van der Waals surface area contributed by atoms with E-state index in [2.05, 4.69) is 19.6 Å². The second-order valence-corrected chi connectivity index (χ2v) is 16.0. The fourth-order valence-corrected chi connectivity index (χ4v) is 3.77. The molecule has 2 nitrogen and oxygen atoms in total. The summed E-state index contributed by atoms with van der Waals surface area (Å²) in [6.45, 7) is 12.6. The first kappa shape index (κ1) is 12.8. The summed E-state index contributed by atoms with van der Waals surface area (Å²) in [6, 6.07) is 0. The Balaban J connectivity index is 4.39. The van der Waals surface area contributed by atoms with E-state index in [1.54, 1.807) is 0 Å². The Labute approximate surface area is 84.9 Å². The van der Waals surface area contributed by atoms with Crippen LogP contribution >= 0.6 is 0 Å². The highest BCUT2D eigenvalue weighted by Gasteiger charge is 2.26. The van der Waals surface area contributed by atoms with Crippen LogP contribution in [0.15, 0.2) is 11.6 Å². The first-order chi connectivity index (χ1) is 6.08. The first-order valence-electron chi connectivity index (χ1n) is 5.03. The fourth-order valence-electron chi connectivity index (χ4n) is 0.878. The highest BCUT2D eigenvalue weighted by Crippen LogP contribution is 2.14. The maximum absolute atomic E-state index is 5.63. The van der Waals surface area contributed by atoms with Crippen molar-refractivity contribution >= 4 is 16.6 Å².